The van der Waals surface area contributed by atoms with Gasteiger partial charge in [-0.1, -0.05) is 31.9 Å². The van der Waals surface area contributed by atoms with Crippen LogP contribution in [-0.4, -0.2) is 15.0 Å². The van der Waals surface area contributed by atoms with Gasteiger partial charge in [-0.15, -0.1) is 0 Å². The van der Waals surface area contributed by atoms with Gasteiger partial charge in [-0.05, 0) is 6.07 Å². The average Bonchev–Trinajstić information content (AvgIpc) is 2.27. The summed E-state index contributed by atoms with van der Waals surface area (Å²) in [5.41, 5.74) is 3.66. The summed E-state index contributed by atoms with van der Waals surface area (Å²) in [6, 6.07) is 1.87. The van der Waals surface area contributed by atoms with Gasteiger partial charge in [-0.2, -0.15) is 0 Å². The van der Waals surface area contributed by atoms with E-state index in [4.69, 9.17) is 0 Å². The molecule has 0 aromatic carbocycles. The van der Waals surface area contributed by atoms with Crippen LogP contribution in [0.5, 0.6) is 0 Å². The zero-order chi connectivity index (χ0) is 9.97. The predicted octanol–water partition coefficient (Wildman–Crippen LogP) is 2.81. The van der Waals surface area contributed by atoms with E-state index in [0.717, 1.165) is 27.8 Å². The SMILES string of the molecule is BrCc1nc2ccncc2nc1CBr. The van der Waals surface area contributed by atoms with Crippen LogP contribution in [-0.2, 0) is 10.7 Å². The zero-order valence-electron chi connectivity index (χ0n) is 7.24. The van der Waals surface area contributed by atoms with Crippen LogP contribution in [0.15, 0.2) is 18.5 Å². The molecule has 2 aromatic heterocycles. The molecule has 0 radical (unpaired) electrons. The third-order valence-corrected chi connectivity index (χ3v) is 2.94. The molecular formula is C9H7Br2N3. The molecule has 0 bridgehead atoms. The van der Waals surface area contributed by atoms with Crippen molar-refractivity contribution in [1.29, 1.82) is 0 Å². The summed E-state index contributed by atoms with van der Waals surface area (Å²) in [6.45, 7) is 0. The summed E-state index contributed by atoms with van der Waals surface area (Å²) in [4.78, 5) is 13.0. The Morgan fingerprint density at radius 2 is 1.64 bits per heavy atom. The lowest BCUT2D eigenvalue weighted by molar-refractivity contribution is 1.07. The number of fused-ring (bicyclic) bond motifs is 1. The molecule has 0 aliphatic rings. The average molecular weight is 317 g/mol. The van der Waals surface area contributed by atoms with Gasteiger partial charge in [-0.3, -0.25) is 4.98 Å². The third kappa shape index (κ3) is 1.79. The number of pyridine rings is 1. The standard InChI is InChI=1S/C9H7Br2N3/c10-3-7-8(4-11)14-9-5-12-2-1-6(9)13-7/h1-2,5H,3-4H2. The fourth-order valence-electron chi connectivity index (χ4n) is 1.19. The summed E-state index contributed by atoms with van der Waals surface area (Å²) in [7, 11) is 0. The van der Waals surface area contributed by atoms with Gasteiger partial charge < -0.3 is 0 Å². The first-order valence-corrected chi connectivity index (χ1v) is 6.31. The van der Waals surface area contributed by atoms with Crippen molar-refractivity contribution in [1.82, 2.24) is 15.0 Å². The summed E-state index contributed by atoms with van der Waals surface area (Å²) in [5.74, 6) is 0. The van der Waals surface area contributed by atoms with E-state index in [1.165, 1.54) is 0 Å². The molecule has 0 aliphatic heterocycles. The van der Waals surface area contributed by atoms with E-state index in [0.29, 0.717) is 5.33 Å². The molecule has 2 heterocycles. The van der Waals surface area contributed by atoms with Crippen molar-refractivity contribution in [2.45, 2.75) is 10.7 Å². The van der Waals surface area contributed by atoms with Gasteiger partial charge >= 0.3 is 0 Å². The van der Waals surface area contributed by atoms with E-state index < -0.39 is 0 Å². The molecule has 2 aromatic rings. The van der Waals surface area contributed by atoms with Crippen LogP contribution >= 0.6 is 31.9 Å². The number of nitrogens with zero attached hydrogens (tertiary/aromatic N) is 3. The minimum absolute atomic E-state index is 0.714. The smallest absolute Gasteiger partial charge is 0.107 e. The quantitative estimate of drug-likeness (QED) is 0.800. The lowest BCUT2D eigenvalue weighted by Crippen LogP contribution is -1.98. The predicted molar refractivity (Wildman–Crippen MR) is 62.6 cm³/mol. The van der Waals surface area contributed by atoms with Crippen LogP contribution in [0.2, 0.25) is 0 Å². The van der Waals surface area contributed by atoms with Crippen LogP contribution < -0.4 is 0 Å². The van der Waals surface area contributed by atoms with E-state index in [-0.39, 0.29) is 0 Å². The number of hydrogen-bond donors (Lipinski definition) is 0. The molecule has 0 saturated carbocycles. The van der Waals surface area contributed by atoms with Gasteiger partial charge in [0.25, 0.3) is 0 Å². The van der Waals surface area contributed by atoms with Crippen molar-refractivity contribution in [2.24, 2.45) is 0 Å². The minimum atomic E-state index is 0.714. The molecule has 0 unspecified atom stereocenters. The maximum absolute atomic E-state index is 4.49. The van der Waals surface area contributed by atoms with Crippen molar-refractivity contribution in [3.8, 4) is 0 Å². The molecule has 3 nitrogen and oxygen atoms in total. The lowest BCUT2D eigenvalue weighted by Gasteiger charge is -2.04. The number of halogens is 2. The van der Waals surface area contributed by atoms with Gasteiger partial charge in [0.05, 0.1) is 23.1 Å². The second-order valence-corrected chi connectivity index (χ2v) is 3.87. The van der Waals surface area contributed by atoms with Crippen molar-refractivity contribution in [3.63, 3.8) is 0 Å². The molecule has 0 aliphatic carbocycles. The van der Waals surface area contributed by atoms with E-state index in [1.54, 1.807) is 12.4 Å². The van der Waals surface area contributed by atoms with Crippen molar-refractivity contribution in [2.75, 3.05) is 0 Å². The number of rotatable bonds is 2. The number of aromatic nitrogens is 3. The van der Waals surface area contributed by atoms with E-state index in [1.807, 2.05) is 6.07 Å². The summed E-state index contributed by atoms with van der Waals surface area (Å²) < 4.78 is 0. The highest BCUT2D eigenvalue weighted by atomic mass is 79.9. The largest absolute Gasteiger partial charge is 0.262 e. The van der Waals surface area contributed by atoms with E-state index in [2.05, 4.69) is 46.8 Å². The maximum atomic E-state index is 4.49. The summed E-state index contributed by atoms with van der Waals surface area (Å²) >= 11 is 6.79. The fourth-order valence-corrected chi connectivity index (χ4v) is 2.09. The van der Waals surface area contributed by atoms with Crippen LogP contribution in [0, 0.1) is 0 Å². The Labute approximate surface area is 98.2 Å². The normalized spacial score (nSPS) is 10.7. The summed E-state index contributed by atoms with van der Waals surface area (Å²) in [6.07, 6.45) is 3.45. The first kappa shape index (κ1) is 9.98. The Hall–Kier alpha value is -0.550. The molecule has 0 spiro atoms. The third-order valence-electron chi connectivity index (χ3n) is 1.87. The van der Waals surface area contributed by atoms with Crippen molar-refractivity contribution < 1.29 is 0 Å². The molecule has 0 atom stereocenters. The molecule has 0 amide bonds. The Kier molecular flexibility index (Phi) is 3.08. The Morgan fingerprint density at radius 3 is 2.29 bits per heavy atom. The highest BCUT2D eigenvalue weighted by molar-refractivity contribution is 9.09. The minimum Gasteiger partial charge on any atom is -0.262 e. The highest BCUT2D eigenvalue weighted by Crippen LogP contribution is 2.16. The second kappa shape index (κ2) is 4.31. The van der Waals surface area contributed by atoms with Crippen LogP contribution in [0.3, 0.4) is 0 Å². The first-order valence-electron chi connectivity index (χ1n) is 4.06. The van der Waals surface area contributed by atoms with Crippen LogP contribution in [0.25, 0.3) is 11.0 Å². The zero-order valence-corrected chi connectivity index (χ0v) is 10.4. The Balaban J connectivity index is 2.69. The maximum Gasteiger partial charge on any atom is 0.107 e. The van der Waals surface area contributed by atoms with Crippen LogP contribution in [0.1, 0.15) is 11.4 Å². The van der Waals surface area contributed by atoms with E-state index in [9.17, 15) is 0 Å². The second-order valence-electron chi connectivity index (χ2n) is 2.75. The Bertz CT molecular complexity index is 416. The van der Waals surface area contributed by atoms with E-state index >= 15 is 0 Å². The van der Waals surface area contributed by atoms with Crippen molar-refractivity contribution in [3.05, 3.63) is 29.8 Å². The molecule has 72 valence electrons. The van der Waals surface area contributed by atoms with Gasteiger partial charge in [0.2, 0.25) is 0 Å². The fraction of sp³-hybridized carbons (Fsp3) is 0.222. The molecule has 0 saturated heterocycles. The lowest BCUT2D eigenvalue weighted by atomic mass is 10.3. The highest BCUT2D eigenvalue weighted by Gasteiger charge is 2.05. The molecule has 5 heteroatoms. The molecule has 2 rings (SSSR count). The summed E-state index contributed by atoms with van der Waals surface area (Å²) in [5, 5.41) is 1.44. The van der Waals surface area contributed by atoms with Crippen molar-refractivity contribution >= 4 is 42.9 Å². The van der Waals surface area contributed by atoms with Gasteiger partial charge in [0.15, 0.2) is 0 Å². The van der Waals surface area contributed by atoms with Gasteiger partial charge in [0.1, 0.15) is 5.52 Å². The molecule has 0 fully saturated rings. The molecule has 0 N–H and O–H groups in total. The van der Waals surface area contributed by atoms with Crippen LogP contribution in [0.4, 0.5) is 0 Å². The topological polar surface area (TPSA) is 38.7 Å². The molecule has 14 heavy (non-hydrogen) atoms. The first-order chi connectivity index (χ1) is 6.85. The van der Waals surface area contributed by atoms with Gasteiger partial charge in [0, 0.05) is 16.9 Å². The Morgan fingerprint density at radius 1 is 1.00 bits per heavy atom. The monoisotopic (exact) mass is 315 g/mol. The molecular weight excluding hydrogens is 310 g/mol. The number of hydrogen-bond acceptors (Lipinski definition) is 3. The van der Waals surface area contributed by atoms with Gasteiger partial charge in [-0.25, -0.2) is 9.97 Å². The number of alkyl halides is 2.